The van der Waals surface area contributed by atoms with Crippen LogP contribution in [-0.2, 0) is 10.2 Å². The molecule has 0 bridgehead atoms. The summed E-state index contributed by atoms with van der Waals surface area (Å²) in [5.74, 6) is 0. The molecule has 1 saturated heterocycles. The first-order valence-corrected chi connectivity index (χ1v) is 7.21. The molecule has 0 aromatic heterocycles. The van der Waals surface area contributed by atoms with Crippen molar-refractivity contribution >= 4 is 0 Å². The van der Waals surface area contributed by atoms with Crippen LogP contribution in [0.1, 0.15) is 24.5 Å². The van der Waals surface area contributed by atoms with E-state index in [1.807, 2.05) is 6.92 Å². The van der Waals surface area contributed by atoms with Crippen LogP contribution in [0.2, 0.25) is 0 Å². The Morgan fingerprint density at radius 2 is 1.50 bits per heavy atom. The number of ether oxygens (including phenoxy) is 1. The van der Waals surface area contributed by atoms with Crippen LogP contribution in [0.15, 0.2) is 72.8 Å². The predicted molar refractivity (Wildman–Crippen MR) is 82.8 cm³/mol. The Kier molecular flexibility index (Phi) is 3.70. The van der Waals surface area contributed by atoms with Crippen molar-refractivity contribution in [1.29, 1.82) is 0 Å². The molecule has 1 heterocycles. The molecule has 1 unspecified atom stereocenters. The van der Waals surface area contributed by atoms with E-state index in [0.29, 0.717) is 0 Å². The van der Waals surface area contributed by atoms with E-state index in [9.17, 15) is 0 Å². The number of hydrogen-bond donors (Lipinski definition) is 0. The highest BCUT2D eigenvalue weighted by Crippen LogP contribution is 2.42. The lowest BCUT2D eigenvalue weighted by molar-refractivity contribution is 0.138. The second kappa shape index (κ2) is 5.64. The summed E-state index contributed by atoms with van der Waals surface area (Å²) < 4.78 is 6.03. The molecule has 1 atom stereocenters. The van der Waals surface area contributed by atoms with Crippen LogP contribution in [0.4, 0.5) is 0 Å². The van der Waals surface area contributed by atoms with E-state index in [1.54, 1.807) is 0 Å². The lowest BCUT2D eigenvalue weighted by atomic mass is 9.73. The predicted octanol–water partition coefficient (Wildman–Crippen LogP) is 4.34. The van der Waals surface area contributed by atoms with E-state index < -0.39 is 0 Å². The summed E-state index contributed by atoms with van der Waals surface area (Å²) in [5, 5.41) is 0. The van der Waals surface area contributed by atoms with E-state index >= 15 is 0 Å². The topological polar surface area (TPSA) is 9.23 Å². The first kappa shape index (κ1) is 13.1. The molecule has 2 aromatic carbocycles. The number of benzene rings is 2. The van der Waals surface area contributed by atoms with Gasteiger partial charge in [0.2, 0.25) is 0 Å². The first-order valence-electron chi connectivity index (χ1n) is 7.21. The van der Waals surface area contributed by atoms with Crippen LogP contribution in [0.3, 0.4) is 0 Å². The summed E-state index contributed by atoms with van der Waals surface area (Å²) in [6, 6.07) is 21.5. The molecule has 1 aliphatic rings. The monoisotopic (exact) mass is 264 g/mol. The summed E-state index contributed by atoms with van der Waals surface area (Å²) in [7, 11) is 0. The Morgan fingerprint density at radius 3 is 2.00 bits per heavy atom. The highest BCUT2D eigenvalue weighted by molar-refractivity contribution is 5.41. The summed E-state index contributed by atoms with van der Waals surface area (Å²) in [5.41, 5.74) is 2.67. The minimum atomic E-state index is -0.0211. The molecule has 0 N–H and O–H groups in total. The molecule has 1 aliphatic heterocycles. The SMILES string of the molecule is C/C=C/C1CC(c2ccccc2)(c2ccccc2)CO1. The van der Waals surface area contributed by atoms with Gasteiger partial charge in [-0.25, -0.2) is 0 Å². The van der Waals surface area contributed by atoms with Crippen molar-refractivity contribution in [3.8, 4) is 0 Å². The third-order valence-corrected chi connectivity index (χ3v) is 4.15. The van der Waals surface area contributed by atoms with Crippen LogP contribution in [0, 0.1) is 0 Å². The average Bonchev–Trinajstić information content (AvgIpc) is 2.95. The quantitative estimate of drug-likeness (QED) is 0.749. The summed E-state index contributed by atoms with van der Waals surface area (Å²) in [4.78, 5) is 0. The van der Waals surface area contributed by atoms with Crippen molar-refractivity contribution in [2.45, 2.75) is 24.9 Å². The Bertz CT molecular complexity index is 532. The number of rotatable bonds is 3. The highest BCUT2D eigenvalue weighted by atomic mass is 16.5. The van der Waals surface area contributed by atoms with Gasteiger partial charge in [-0.3, -0.25) is 0 Å². The zero-order valence-corrected chi connectivity index (χ0v) is 11.8. The molecule has 20 heavy (non-hydrogen) atoms. The molecule has 1 fully saturated rings. The van der Waals surface area contributed by atoms with Crippen molar-refractivity contribution in [3.05, 3.63) is 83.9 Å². The minimum Gasteiger partial charge on any atom is -0.373 e. The van der Waals surface area contributed by atoms with Gasteiger partial charge in [0.15, 0.2) is 0 Å². The van der Waals surface area contributed by atoms with E-state index in [2.05, 4.69) is 72.8 Å². The van der Waals surface area contributed by atoms with Crippen molar-refractivity contribution in [2.75, 3.05) is 6.61 Å². The van der Waals surface area contributed by atoms with Crippen LogP contribution in [0.5, 0.6) is 0 Å². The smallest absolute Gasteiger partial charge is 0.0768 e. The number of allylic oxidation sites excluding steroid dienone is 1. The van der Waals surface area contributed by atoms with Crippen molar-refractivity contribution in [3.63, 3.8) is 0 Å². The number of hydrogen-bond acceptors (Lipinski definition) is 1. The van der Waals surface area contributed by atoms with Gasteiger partial charge in [0.05, 0.1) is 12.7 Å². The molecule has 1 nitrogen and oxygen atoms in total. The van der Waals surface area contributed by atoms with Gasteiger partial charge in [-0.2, -0.15) is 0 Å². The highest BCUT2D eigenvalue weighted by Gasteiger charge is 2.42. The Morgan fingerprint density at radius 1 is 0.950 bits per heavy atom. The van der Waals surface area contributed by atoms with Gasteiger partial charge in [0.1, 0.15) is 0 Å². The van der Waals surface area contributed by atoms with Crippen LogP contribution < -0.4 is 0 Å². The van der Waals surface area contributed by atoms with E-state index in [-0.39, 0.29) is 11.5 Å². The third kappa shape index (κ3) is 2.30. The normalized spacial score (nSPS) is 21.4. The van der Waals surface area contributed by atoms with E-state index in [1.165, 1.54) is 11.1 Å². The van der Waals surface area contributed by atoms with E-state index in [0.717, 1.165) is 13.0 Å². The molecule has 0 radical (unpaired) electrons. The maximum atomic E-state index is 6.03. The average molecular weight is 264 g/mol. The van der Waals surface area contributed by atoms with Crippen molar-refractivity contribution in [1.82, 2.24) is 0 Å². The molecule has 0 amide bonds. The third-order valence-electron chi connectivity index (χ3n) is 4.15. The Balaban J connectivity index is 2.06. The standard InChI is InChI=1S/C19H20O/c1-2-9-18-14-19(15-20-18,16-10-5-3-6-11-16)17-12-7-4-8-13-17/h2-13,18H,14-15H2,1H3/b9-2+. The fourth-order valence-corrected chi connectivity index (χ4v) is 3.13. The molecule has 0 saturated carbocycles. The second-order valence-corrected chi connectivity index (χ2v) is 5.39. The van der Waals surface area contributed by atoms with Gasteiger partial charge in [0.25, 0.3) is 0 Å². The maximum absolute atomic E-state index is 6.03. The fraction of sp³-hybridized carbons (Fsp3) is 0.263. The lowest BCUT2D eigenvalue weighted by Crippen LogP contribution is -2.28. The fourth-order valence-electron chi connectivity index (χ4n) is 3.13. The van der Waals surface area contributed by atoms with Gasteiger partial charge >= 0.3 is 0 Å². The molecular weight excluding hydrogens is 244 g/mol. The van der Waals surface area contributed by atoms with Crippen LogP contribution in [0.25, 0.3) is 0 Å². The molecule has 1 heteroatoms. The van der Waals surface area contributed by atoms with E-state index in [4.69, 9.17) is 4.74 Å². The lowest BCUT2D eigenvalue weighted by Gasteiger charge is -2.29. The van der Waals surface area contributed by atoms with Gasteiger partial charge < -0.3 is 4.74 Å². The summed E-state index contributed by atoms with van der Waals surface area (Å²) in [6.07, 6.45) is 5.45. The summed E-state index contributed by atoms with van der Waals surface area (Å²) in [6.45, 7) is 2.80. The van der Waals surface area contributed by atoms with Gasteiger partial charge in [0, 0.05) is 5.41 Å². The van der Waals surface area contributed by atoms with Crippen LogP contribution >= 0.6 is 0 Å². The molecule has 3 rings (SSSR count). The van der Waals surface area contributed by atoms with Crippen molar-refractivity contribution in [2.24, 2.45) is 0 Å². The molecule has 0 spiro atoms. The van der Waals surface area contributed by atoms with Gasteiger partial charge in [-0.05, 0) is 24.5 Å². The molecule has 102 valence electrons. The minimum absolute atomic E-state index is 0.0211. The molecule has 0 aliphatic carbocycles. The zero-order valence-electron chi connectivity index (χ0n) is 11.8. The molecule has 2 aromatic rings. The first-order chi connectivity index (χ1) is 9.85. The van der Waals surface area contributed by atoms with Crippen molar-refractivity contribution < 1.29 is 4.74 Å². The second-order valence-electron chi connectivity index (χ2n) is 5.39. The van der Waals surface area contributed by atoms with Gasteiger partial charge in [-0.15, -0.1) is 0 Å². The zero-order chi connectivity index (χ0) is 13.8. The van der Waals surface area contributed by atoms with Crippen LogP contribution in [-0.4, -0.2) is 12.7 Å². The Labute approximate surface area is 120 Å². The van der Waals surface area contributed by atoms with Gasteiger partial charge in [-0.1, -0.05) is 72.8 Å². The largest absolute Gasteiger partial charge is 0.373 e. The molecular formula is C19H20O. The summed E-state index contributed by atoms with van der Waals surface area (Å²) >= 11 is 0. The Hall–Kier alpha value is -1.86. The maximum Gasteiger partial charge on any atom is 0.0768 e.